The number of amides is 2. The Bertz CT molecular complexity index is 293. The molecule has 104 valence electrons. The van der Waals surface area contributed by atoms with Crippen molar-refractivity contribution in [2.75, 3.05) is 27.2 Å². The van der Waals surface area contributed by atoms with E-state index in [0.717, 1.165) is 6.54 Å². The molecule has 5 heteroatoms. The monoisotopic (exact) mass is 255 g/mol. The van der Waals surface area contributed by atoms with Crippen LogP contribution in [0.2, 0.25) is 0 Å². The Labute approximate surface area is 109 Å². The van der Waals surface area contributed by atoms with E-state index in [0.29, 0.717) is 25.3 Å². The topological polar surface area (TPSA) is 61.4 Å². The molecule has 0 aliphatic carbocycles. The molecule has 2 amide bonds. The standard InChI is InChI=1S/C13H25N3O2/c1-9(2)11(8-16(3)4)15-13(18)10-5-6-12(17)14-7-10/h9-11H,5-8H2,1-4H3,(H,14,17)(H,15,18). The first kappa shape index (κ1) is 15.0. The second-order valence-corrected chi connectivity index (χ2v) is 5.66. The summed E-state index contributed by atoms with van der Waals surface area (Å²) in [6, 6.07) is 0.158. The minimum absolute atomic E-state index is 0.0488. The lowest BCUT2D eigenvalue weighted by Crippen LogP contribution is -2.50. The van der Waals surface area contributed by atoms with Gasteiger partial charge in [-0.25, -0.2) is 0 Å². The van der Waals surface area contributed by atoms with E-state index in [4.69, 9.17) is 0 Å². The highest BCUT2D eigenvalue weighted by molar-refractivity contribution is 5.83. The molecule has 0 bridgehead atoms. The van der Waals surface area contributed by atoms with E-state index in [1.807, 2.05) is 14.1 Å². The maximum atomic E-state index is 12.1. The number of carbonyl (C=O) groups is 2. The van der Waals surface area contributed by atoms with Crippen molar-refractivity contribution in [1.82, 2.24) is 15.5 Å². The van der Waals surface area contributed by atoms with Gasteiger partial charge in [0.2, 0.25) is 11.8 Å². The Hall–Kier alpha value is -1.10. The van der Waals surface area contributed by atoms with Gasteiger partial charge in [-0.05, 0) is 26.4 Å². The van der Waals surface area contributed by atoms with Gasteiger partial charge in [0.05, 0.1) is 5.92 Å². The minimum Gasteiger partial charge on any atom is -0.355 e. The van der Waals surface area contributed by atoms with E-state index < -0.39 is 0 Å². The molecule has 0 aromatic heterocycles. The molecule has 1 fully saturated rings. The molecule has 18 heavy (non-hydrogen) atoms. The normalized spacial score (nSPS) is 21.9. The highest BCUT2D eigenvalue weighted by atomic mass is 16.2. The van der Waals surface area contributed by atoms with Crippen molar-refractivity contribution in [1.29, 1.82) is 0 Å². The van der Waals surface area contributed by atoms with Crippen LogP contribution in [-0.4, -0.2) is 49.9 Å². The molecule has 2 atom stereocenters. The van der Waals surface area contributed by atoms with Crippen molar-refractivity contribution in [3.8, 4) is 0 Å². The SMILES string of the molecule is CC(C)C(CN(C)C)NC(=O)C1CCC(=O)NC1. The van der Waals surface area contributed by atoms with Gasteiger partial charge in [-0.3, -0.25) is 9.59 Å². The molecule has 2 N–H and O–H groups in total. The summed E-state index contributed by atoms with van der Waals surface area (Å²) in [6.45, 7) is 5.52. The van der Waals surface area contributed by atoms with E-state index in [1.54, 1.807) is 0 Å². The van der Waals surface area contributed by atoms with Gasteiger partial charge in [0.25, 0.3) is 0 Å². The Balaban J connectivity index is 2.48. The van der Waals surface area contributed by atoms with Crippen molar-refractivity contribution in [2.45, 2.75) is 32.7 Å². The fourth-order valence-electron chi connectivity index (χ4n) is 2.07. The second kappa shape index (κ2) is 6.73. The zero-order chi connectivity index (χ0) is 13.7. The molecule has 5 nitrogen and oxygen atoms in total. The highest BCUT2D eigenvalue weighted by Crippen LogP contribution is 2.12. The van der Waals surface area contributed by atoms with Gasteiger partial charge in [-0.1, -0.05) is 13.8 Å². The Morgan fingerprint density at radius 1 is 1.50 bits per heavy atom. The zero-order valence-corrected chi connectivity index (χ0v) is 11.8. The van der Waals surface area contributed by atoms with Crippen LogP contribution in [0.15, 0.2) is 0 Å². The van der Waals surface area contributed by atoms with Gasteiger partial charge < -0.3 is 15.5 Å². The summed E-state index contributed by atoms with van der Waals surface area (Å²) in [4.78, 5) is 25.3. The number of piperidine rings is 1. The maximum Gasteiger partial charge on any atom is 0.225 e. The predicted octanol–water partition coefficient (Wildman–Crippen LogP) is 0.215. The largest absolute Gasteiger partial charge is 0.355 e. The molecule has 0 radical (unpaired) electrons. The summed E-state index contributed by atoms with van der Waals surface area (Å²) >= 11 is 0. The van der Waals surface area contributed by atoms with Crippen LogP contribution in [0, 0.1) is 11.8 Å². The van der Waals surface area contributed by atoms with Crippen molar-refractivity contribution in [3.05, 3.63) is 0 Å². The van der Waals surface area contributed by atoms with E-state index in [-0.39, 0.29) is 23.8 Å². The zero-order valence-electron chi connectivity index (χ0n) is 11.8. The first-order chi connectivity index (χ1) is 8.40. The molecule has 0 aromatic rings. The van der Waals surface area contributed by atoms with Gasteiger partial charge >= 0.3 is 0 Å². The molecule has 0 saturated carbocycles. The molecule has 1 rings (SSSR count). The summed E-state index contributed by atoms with van der Waals surface area (Å²) in [6.07, 6.45) is 1.11. The van der Waals surface area contributed by atoms with Crippen molar-refractivity contribution >= 4 is 11.8 Å². The lowest BCUT2D eigenvalue weighted by atomic mass is 9.96. The Morgan fingerprint density at radius 2 is 2.17 bits per heavy atom. The summed E-state index contributed by atoms with van der Waals surface area (Å²) < 4.78 is 0. The molecule has 1 heterocycles. The summed E-state index contributed by atoms with van der Waals surface area (Å²) in [5.41, 5.74) is 0. The van der Waals surface area contributed by atoms with Crippen LogP contribution in [0.4, 0.5) is 0 Å². The van der Waals surface area contributed by atoms with Crippen LogP contribution >= 0.6 is 0 Å². The number of nitrogens with one attached hydrogen (secondary N) is 2. The van der Waals surface area contributed by atoms with Crippen LogP contribution in [0.25, 0.3) is 0 Å². The Kier molecular flexibility index (Phi) is 5.59. The molecular formula is C13H25N3O2. The number of nitrogens with zero attached hydrogens (tertiary/aromatic N) is 1. The molecule has 1 aliphatic heterocycles. The van der Waals surface area contributed by atoms with Crippen molar-refractivity contribution in [3.63, 3.8) is 0 Å². The fraction of sp³-hybridized carbons (Fsp3) is 0.846. The van der Waals surface area contributed by atoms with Crippen LogP contribution in [-0.2, 0) is 9.59 Å². The van der Waals surface area contributed by atoms with Gasteiger partial charge in [-0.15, -0.1) is 0 Å². The highest BCUT2D eigenvalue weighted by Gasteiger charge is 2.27. The quantitative estimate of drug-likeness (QED) is 0.738. The smallest absolute Gasteiger partial charge is 0.225 e. The van der Waals surface area contributed by atoms with Crippen LogP contribution in [0.1, 0.15) is 26.7 Å². The lowest BCUT2D eigenvalue weighted by molar-refractivity contribution is -0.129. The first-order valence-electron chi connectivity index (χ1n) is 6.62. The van der Waals surface area contributed by atoms with E-state index in [1.165, 1.54) is 0 Å². The van der Waals surface area contributed by atoms with Gasteiger partial charge in [-0.2, -0.15) is 0 Å². The van der Waals surface area contributed by atoms with E-state index >= 15 is 0 Å². The number of rotatable bonds is 5. The molecule has 1 saturated heterocycles. The number of hydrogen-bond donors (Lipinski definition) is 2. The van der Waals surface area contributed by atoms with Gasteiger partial charge in [0, 0.05) is 25.6 Å². The van der Waals surface area contributed by atoms with Crippen LogP contribution in [0.5, 0.6) is 0 Å². The average molecular weight is 255 g/mol. The lowest BCUT2D eigenvalue weighted by Gasteiger charge is -2.29. The van der Waals surface area contributed by atoms with Gasteiger partial charge in [0.1, 0.15) is 0 Å². The van der Waals surface area contributed by atoms with Crippen molar-refractivity contribution in [2.24, 2.45) is 11.8 Å². The fourth-order valence-corrected chi connectivity index (χ4v) is 2.07. The predicted molar refractivity (Wildman–Crippen MR) is 71.1 cm³/mol. The third-order valence-corrected chi connectivity index (χ3v) is 3.33. The van der Waals surface area contributed by atoms with Crippen molar-refractivity contribution < 1.29 is 9.59 Å². The summed E-state index contributed by atoms with van der Waals surface area (Å²) in [5.74, 6) is 0.434. The van der Waals surface area contributed by atoms with Crippen LogP contribution < -0.4 is 10.6 Å². The average Bonchev–Trinajstić information content (AvgIpc) is 2.28. The molecule has 2 unspecified atom stereocenters. The molecule has 0 aromatic carbocycles. The van der Waals surface area contributed by atoms with E-state index in [9.17, 15) is 9.59 Å². The van der Waals surface area contributed by atoms with Gasteiger partial charge in [0.15, 0.2) is 0 Å². The molecule has 0 spiro atoms. The summed E-state index contributed by atoms with van der Waals surface area (Å²) in [5, 5.41) is 5.85. The number of carbonyl (C=O) groups excluding carboxylic acids is 2. The maximum absolute atomic E-state index is 12.1. The first-order valence-corrected chi connectivity index (χ1v) is 6.62. The molecule has 1 aliphatic rings. The summed E-state index contributed by atoms with van der Waals surface area (Å²) in [7, 11) is 4.00. The van der Waals surface area contributed by atoms with Crippen LogP contribution in [0.3, 0.4) is 0 Å². The Morgan fingerprint density at radius 3 is 2.61 bits per heavy atom. The third-order valence-electron chi connectivity index (χ3n) is 3.33. The minimum atomic E-state index is -0.0777. The van der Waals surface area contributed by atoms with E-state index in [2.05, 4.69) is 29.4 Å². The third kappa shape index (κ3) is 4.64. The number of likely N-dealkylation sites (N-methyl/N-ethyl adjacent to an activating group) is 1. The molecular weight excluding hydrogens is 230 g/mol. The number of hydrogen-bond acceptors (Lipinski definition) is 3. The second-order valence-electron chi connectivity index (χ2n) is 5.66.